The first-order valence-electron chi connectivity index (χ1n) is 16.2. The van der Waals surface area contributed by atoms with E-state index in [0.29, 0.717) is 37.1 Å². The number of pyridine rings is 2. The van der Waals surface area contributed by atoms with E-state index in [1.54, 1.807) is 6.20 Å². The molecule has 4 saturated heterocycles. The van der Waals surface area contributed by atoms with E-state index in [4.69, 9.17) is 9.72 Å². The van der Waals surface area contributed by atoms with Crippen LogP contribution in [0.2, 0.25) is 0 Å². The van der Waals surface area contributed by atoms with Crippen molar-refractivity contribution in [2.45, 2.75) is 75.2 Å². The molecule has 10 heteroatoms. The Bertz CT molecular complexity index is 1770. The third-order valence-corrected chi connectivity index (χ3v) is 11.0. The summed E-state index contributed by atoms with van der Waals surface area (Å²) in [5.41, 5.74) is 3.79. The Morgan fingerprint density at radius 2 is 2.07 bits per heavy atom. The van der Waals surface area contributed by atoms with Crippen LogP contribution in [0.1, 0.15) is 55.2 Å². The van der Waals surface area contributed by atoms with Gasteiger partial charge in [-0.3, -0.25) is 14.7 Å². The van der Waals surface area contributed by atoms with Crippen molar-refractivity contribution >= 4 is 22.5 Å². The number of likely N-dealkylation sites (tertiary alicyclic amines) is 1. The maximum atomic E-state index is 16.8. The monoisotopic (exact) mass is 610 g/mol. The highest BCUT2D eigenvalue weighted by atomic mass is 19.1. The number of nitrogens with zero attached hydrogens (tertiary/aromatic N) is 6. The van der Waals surface area contributed by atoms with Crippen molar-refractivity contribution < 1.29 is 18.3 Å². The highest BCUT2D eigenvalue weighted by molar-refractivity contribution is 5.98. The van der Waals surface area contributed by atoms with Crippen molar-refractivity contribution in [3.63, 3.8) is 0 Å². The second-order valence-electron chi connectivity index (χ2n) is 13.3. The number of rotatable bonds is 6. The van der Waals surface area contributed by atoms with E-state index >= 15 is 4.39 Å². The molecule has 0 saturated carbocycles. The molecule has 4 fully saturated rings. The maximum absolute atomic E-state index is 16.8. The third-order valence-electron chi connectivity index (χ3n) is 11.0. The minimum atomic E-state index is -0.922. The molecule has 1 aromatic carbocycles. The van der Waals surface area contributed by atoms with Crippen LogP contribution in [-0.4, -0.2) is 82.3 Å². The third kappa shape index (κ3) is 4.34. The molecule has 1 amide bonds. The van der Waals surface area contributed by atoms with E-state index in [1.807, 2.05) is 17.0 Å². The smallest absolute Gasteiger partial charge is 0.246 e. The molecule has 8 rings (SSSR count). The van der Waals surface area contributed by atoms with E-state index in [0.717, 1.165) is 62.6 Å². The summed E-state index contributed by atoms with van der Waals surface area (Å²) in [7, 11) is 0. The standard InChI is InChI=1S/C35H36F2N6O2/c1-2-29(44)42-14-11-27-28(42)19-43(27)33-25(16-38)34(45-20-35-12-6-13-41(35)18-22(36)15-35)40-32-26(33)17-39-31(30(32)37)24-10-5-8-21-7-3-4-9-23(21)24/h2,5,8,10,17,22,27-28H,1,3-4,6-7,9,11-15,18-20H2/t22-,27-,28-,35+/m1/s1. The van der Waals surface area contributed by atoms with Crippen LogP contribution in [0.5, 0.6) is 5.88 Å². The summed E-state index contributed by atoms with van der Waals surface area (Å²) in [6, 6.07) is 8.25. The molecule has 0 radical (unpaired) electrons. The number of aromatic nitrogens is 2. The molecule has 8 nitrogen and oxygen atoms in total. The Morgan fingerprint density at radius 1 is 1.20 bits per heavy atom. The fourth-order valence-corrected chi connectivity index (χ4v) is 8.77. The van der Waals surface area contributed by atoms with E-state index in [9.17, 15) is 14.4 Å². The van der Waals surface area contributed by atoms with Crippen molar-refractivity contribution in [1.82, 2.24) is 19.8 Å². The molecule has 0 bridgehead atoms. The summed E-state index contributed by atoms with van der Waals surface area (Å²) in [6.45, 7) is 6.10. The second-order valence-corrected chi connectivity index (χ2v) is 13.3. The lowest BCUT2D eigenvalue weighted by Gasteiger charge is -2.48. The molecule has 0 unspecified atom stereocenters. The van der Waals surface area contributed by atoms with Crippen molar-refractivity contribution in [1.29, 1.82) is 5.26 Å². The lowest BCUT2D eigenvalue weighted by Crippen LogP contribution is -2.63. The number of nitriles is 1. The summed E-state index contributed by atoms with van der Waals surface area (Å²) in [5, 5.41) is 11.0. The zero-order chi connectivity index (χ0) is 30.9. The number of anilines is 1. The summed E-state index contributed by atoms with van der Waals surface area (Å²) >= 11 is 0. The molecular formula is C35H36F2N6O2. The van der Waals surface area contributed by atoms with Gasteiger partial charge in [-0.25, -0.2) is 13.8 Å². The Hall–Kier alpha value is -4.10. The fourth-order valence-electron chi connectivity index (χ4n) is 8.77. The summed E-state index contributed by atoms with van der Waals surface area (Å²) in [5.74, 6) is -0.590. The average molecular weight is 611 g/mol. The van der Waals surface area contributed by atoms with Gasteiger partial charge >= 0.3 is 0 Å². The van der Waals surface area contributed by atoms with Gasteiger partial charge in [0.1, 0.15) is 35.6 Å². The molecule has 0 spiro atoms. The molecule has 6 heterocycles. The van der Waals surface area contributed by atoms with Crippen LogP contribution in [0.3, 0.4) is 0 Å². The number of ether oxygens (including phenoxy) is 1. The number of fused-ring (bicyclic) bond motifs is 4. The lowest BCUT2D eigenvalue weighted by molar-refractivity contribution is -0.127. The summed E-state index contributed by atoms with van der Waals surface area (Å²) < 4.78 is 37.7. The van der Waals surface area contributed by atoms with Crippen LogP contribution in [0.15, 0.2) is 37.1 Å². The lowest BCUT2D eigenvalue weighted by atomic mass is 9.87. The fraction of sp³-hybridized carbons (Fsp3) is 0.486. The van der Waals surface area contributed by atoms with Gasteiger partial charge in [0, 0.05) is 43.2 Å². The first-order chi connectivity index (χ1) is 21.9. The normalized spacial score (nSPS) is 27.1. The van der Waals surface area contributed by atoms with Crippen molar-refractivity contribution in [2.75, 3.05) is 37.7 Å². The van der Waals surface area contributed by atoms with Gasteiger partial charge in [0.2, 0.25) is 11.8 Å². The number of carbonyl (C=O) groups excluding carboxylic acids is 1. The molecule has 4 atom stereocenters. The Kier molecular flexibility index (Phi) is 6.79. The molecule has 4 aliphatic heterocycles. The highest BCUT2D eigenvalue weighted by Gasteiger charge is 2.51. The van der Waals surface area contributed by atoms with Crippen molar-refractivity contribution in [3.05, 3.63) is 59.6 Å². The number of carbonyl (C=O) groups is 1. The van der Waals surface area contributed by atoms with E-state index in [-0.39, 0.29) is 47.3 Å². The average Bonchev–Trinajstić information content (AvgIpc) is 3.69. The summed E-state index contributed by atoms with van der Waals surface area (Å²) in [4.78, 5) is 27.9. The highest BCUT2D eigenvalue weighted by Crippen LogP contribution is 2.46. The zero-order valence-electron chi connectivity index (χ0n) is 25.3. The number of hydrogen-bond acceptors (Lipinski definition) is 7. The van der Waals surface area contributed by atoms with Gasteiger partial charge in [0.25, 0.3) is 0 Å². The SMILES string of the molecule is C=CC(=O)N1CC[C@@H]2[C@H]1CN2c1c(C#N)c(OC[C@@]23CCCN2C[C@H](F)C3)nc2c(F)c(-c3cccc4c3CCCC4)ncc12. The van der Waals surface area contributed by atoms with Crippen molar-refractivity contribution in [3.8, 4) is 23.2 Å². The molecule has 2 aromatic heterocycles. The second kappa shape index (κ2) is 10.8. The predicted molar refractivity (Wildman–Crippen MR) is 166 cm³/mol. The van der Waals surface area contributed by atoms with Crippen LogP contribution in [-0.2, 0) is 17.6 Å². The number of alkyl halides is 1. The summed E-state index contributed by atoms with van der Waals surface area (Å²) in [6.07, 6.45) is 8.90. The molecule has 0 N–H and O–H groups in total. The van der Waals surface area contributed by atoms with Gasteiger partial charge in [0.15, 0.2) is 5.82 Å². The van der Waals surface area contributed by atoms with Crippen LogP contribution < -0.4 is 9.64 Å². The van der Waals surface area contributed by atoms with Crippen molar-refractivity contribution in [2.24, 2.45) is 0 Å². The van der Waals surface area contributed by atoms with Crippen LogP contribution in [0.4, 0.5) is 14.5 Å². The molecule has 3 aromatic rings. The first kappa shape index (κ1) is 28.4. The van der Waals surface area contributed by atoms with E-state index in [2.05, 4.69) is 33.5 Å². The minimum Gasteiger partial charge on any atom is -0.475 e. The van der Waals surface area contributed by atoms with Gasteiger partial charge in [0.05, 0.1) is 23.3 Å². The maximum Gasteiger partial charge on any atom is 0.246 e. The van der Waals surface area contributed by atoms with Crippen LogP contribution in [0, 0.1) is 17.1 Å². The van der Waals surface area contributed by atoms with Crippen LogP contribution >= 0.6 is 0 Å². The number of halogens is 2. The van der Waals surface area contributed by atoms with Crippen LogP contribution in [0.25, 0.3) is 22.2 Å². The number of amides is 1. The molecular weight excluding hydrogens is 574 g/mol. The van der Waals surface area contributed by atoms with E-state index < -0.39 is 17.5 Å². The number of aryl methyl sites for hydroxylation is 1. The largest absolute Gasteiger partial charge is 0.475 e. The van der Waals surface area contributed by atoms with Gasteiger partial charge < -0.3 is 14.5 Å². The van der Waals surface area contributed by atoms with Gasteiger partial charge in [-0.2, -0.15) is 5.26 Å². The van der Waals surface area contributed by atoms with Gasteiger partial charge in [-0.05, 0) is 68.7 Å². The van der Waals surface area contributed by atoms with Gasteiger partial charge in [-0.1, -0.05) is 24.8 Å². The first-order valence-corrected chi connectivity index (χ1v) is 16.2. The number of hydrogen-bond donors (Lipinski definition) is 0. The zero-order valence-corrected chi connectivity index (χ0v) is 25.3. The quantitative estimate of drug-likeness (QED) is 0.359. The Balaban J connectivity index is 1.25. The molecule has 5 aliphatic rings. The van der Waals surface area contributed by atoms with E-state index in [1.165, 1.54) is 11.6 Å². The Labute approximate surface area is 261 Å². The molecule has 232 valence electrons. The number of benzene rings is 1. The minimum absolute atomic E-state index is 0.0199. The van der Waals surface area contributed by atoms with Gasteiger partial charge in [-0.15, -0.1) is 0 Å². The predicted octanol–water partition coefficient (Wildman–Crippen LogP) is 5.12. The Morgan fingerprint density at radius 3 is 2.91 bits per heavy atom. The topological polar surface area (TPSA) is 85.6 Å². The molecule has 45 heavy (non-hydrogen) atoms. The molecule has 1 aliphatic carbocycles.